The fourth-order valence-corrected chi connectivity index (χ4v) is 6.35. The Labute approximate surface area is 257 Å². The molecule has 228 valence electrons. The fourth-order valence-electron chi connectivity index (χ4n) is 4.45. The maximum Gasteiger partial charge on any atom is 0.178 e. The van der Waals surface area contributed by atoms with E-state index >= 15 is 0 Å². The van der Waals surface area contributed by atoms with Crippen LogP contribution in [0.2, 0.25) is 0 Å². The summed E-state index contributed by atoms with van der Waals surface area (Å²) in [5.74, 6) is 0.458. The lowest BCUT2D eigenvalue weighted by atomic mass is 9.70. The molecular weight excluding hydrogens is 576 g/mol. The first-order valence-corrected chi connectivity index (χ1v) is 17.9. The van der Waals surface area contributed by atoms with E-state index in [1.165, 1.54) is 22.3 Å². The second-order valence-corrected chi connectivity index (χ2v) is 15.2. The Morgan fingerprint density at radius 1 is 0.825 bits per heavy atom. The van der Waals surface area contributed by atoms with Crippen LogP contribution in [0.5, 0.6) is 0 Å². The summed E-state index contributed by atoms with van der Waals surface area (Å²) in [7, 11) is -3.27. The van der Waals surface area contributed by atoms with Gasteiger partial charge in [-0.1, -0.05) is 129 Å². The van der Waals surface area contributed by atoms with Crippen molar-refractivity contribution >= 4 is 25.8 Å². The van der Waals surface area contributed by atoms with Crippen LogP contribution in [0.4, 0.5) is 0 Å². The van der Waals surface area contributed by atoms with Gasteiger partial charge in [-0.2, -0.15) is 0 Å². The molecule has 0 heterocycles. The van der Waals surface area contributed by atoms with E-state index in [4.69, 9.17) is 0 Å². The first-order chi connectivity index (χ1) is 18.6. The molecule has 0 amide bonds. The van der Waals surface area contributed by atoms with Crippen LogP contribution in [-0.2, 0) is 9.84 Å². The van der Waals surface area contributed by atoms with Gasteiger partial charge in [0.25, 0.3) is 0 Å². The molecule has 1 aromatic carbocycles. The number of hydrogen-bond donors (Lipinski definition) is 0. The summed E-state index contributed by atoms with van der Waals surface area (Å²) in [5.41, 5.74) is 5.75. The van der Waals surface area contributed by atoms with Crippen LogP contribution >= 0.6 is 15.9 Å². The fraction of sp³-hybridized carbons (Fsp3) is 0.611. The average Bonchev–Trinajstić information content (AvgIpc) is 2.89. The van der Waals surface area contributed by atoms with Gasteiger partial charge in [0.05, 0.1) is 10.6 Å². The van der Waals surface area contributed by atoms with Crippen LogP contribution in [0.25, 0.3) is 0 Å². The highest BCUT2D eigenvalue weighted by atomic mass is 79.9. The highest BCUT2D eigenvalue weighted by Crippen LogP contribution is 2.40. The topological polar surface area (TPSA) is 34.1 Å². The third-order valence-electron chi connectivity index (χ3n) is 8.05. The van der Waals surface area contributed by atoms with E-state index < -0.39 is 9.84 Å². The first kappa shape index (κ1) is 38.6. The van der Waals surface area contributed by atoms with Crippen molar-refractivity contribution in [2.24, 2.45) is 16.7 Å². The summed E-state index contributed by atoms with van der Waals surface area (Å²) in [6.45, 7) is 24.3. The number of rotatable bonds is 15. The predicted octanol–water partition coefficient (Wildman–Crippen LogP) is 11.7. The molecule has 0 aliphatic rings. The summed E-state index contributed by atoms with van der Waals surface area (Å²) in [6.07, 6.45) is 15.1. The van der Waals surface area contributed by atoms with Crippen molar-refractivity contribution < 1.29 is 8.42 Å². The van der Waals surface area contributed by atoms with Crippen LogP contribution in [-0.4, -0.2) is 19.5 Å². The van der Waals surface area contributed by atoms with Crippen molar-refractivity contribution in [1.29, 1.82) is 0 Å². The maximum absolute atomic E-state index is 12.9. The van der Waals surface area contributed by atoms with Gasteiger partial charge >= 0.3 is 0 Å². The minimum absolute atomic E-state index is 0.0536. The zero-order chi connectivity index (χ0) is 31.0. The summed E-state index contributed by atoms with van der Waals surface area (Å²) < 4.78 is 25.8. The SMILES string of the molecule is C/C(=C\CBr)CC/C=C(\C)C(C)(C)C(/C=C(\C)CC/C=C(\C)C(C)(C)C)CCCS(=O)(=O)c1ccccc1.CC. The van der Waals surface area contributed by atoms with E-state index in [1.807, 2.05) is 19.9 Å². The van der Waals surface area contributed by atoms with Gasteiger partial charge in [0.2, 0.25) is 0 Å². The number of hydrogen-bond acceptors (Lipinski definition) is 2. The average molecular weight is 636 g/mol. The summed E-state index contributed by atoms with van der Waals surface area (Å²) in [5, 5.41) is 0.898. The molecule has 1 aromatic rings. The molecule has 0 aliphatic heterocycles. The number of benzene rings is 1. The highest BCUT2D eigenvalue weighted by molar-refractivity contribution is 9.09. The van der Waals surface area contributed by atoms with Crippen LogP contribution in [0, 0.1) is 16.7 Å². The third-order valence-corrected chi connectivity index (χ3v) is 10.2. The molecule has 40 heavy (non-hydrogen) atoms. The van der Waals surface area contributed by atoms with Gasteiger partial charge in [-0.05, 0) is 95.1 Å². The third kappa shape index (κ3) is 14.5. The Balaban J connectivity index is 0.00000742. The zero-order valence-electron chi connectivity index (χ0n) is 27.5. The van der Waals surface area contributed by atoms with Gasteiger partial charge in [0.15, 0.2) is 9.84 Å². The molecule has 4 heteroatoms. The zero-order valence-corrected chi connectivity index (χ0v) is 29.9. The molecule has 0 fully saturated rings. The molecule has 2 nitrogen and oxygen atoms in total. The minimum Gasteiger partial charge on any atom is -0.224 e. The van der Waals surface area contributed by atoms with Crippen molar-refractivity contribution in [3.05, 3.63) is 76.9 Å². The van der Waals surface area contributed by atoms with Crippen molar-refractivity contribution in [3.63, 3.8) is 0 Å². The molecular formula is C36H59BrO2S. The Kier molecular flexibility index (Phi) is 18.3. The molecule has 0 aliphatic carbocycles. The monoisotopic (exact) mass is 634 g/mol. The lowest BCUT2D eigenvalue weighted by Gasteiger charge is -2.35. The van der Waals surface area contributed by atoms with E-state index in [9.17, 15) is 8.42 Å². The van der Waals surface area contributed by atoms with E-state index in [1.54, 1.807) is 24.3 Å². The van der Waals surface area contributed by atoms with Gasteiger partial charge in [0.1, 0.15) is 0 Å². The Bertz CT molecular complexity index is 1080. The van der Waals surface area contributed by atoms with E-state index in [0.29, 0.717) is 11.3 Å². The van der Waals surface area contributed by atoms with Gasteiger partial charge in [0, 0.05) is 5.33 Å². The molecule has 0 bridgehead atoms. The Morgan fingerprint density at radius 3 is 1.88 bits per heavy atom. The summed E-state index contributed by atoms with van der Waals surface area (Å²) in [6, 6.07) is 8.85. The second-order valence-electron chi connectivity index (χ2n) is 12.4. The Hall–Kier alpha value is -1.39. The molecule has 0 saturated heterocycles. The minimum atomic E-state index is -3.27. The van der Waals surface area contributed by atoms with E-state index in [0.717, 1.165) is 37.4 Å². The number of halogens is 1. The summed E-state index contributed by atoms with van der Waals surface area (Å²) >= 11 is 3.49. The number of alkyl halides is 1. The lowest BCUT2D eigenvalue weighted by molar-refractivity contribution is 0.298. The van der Waals surface area contributed by atoms with Gasteiger partial charge in [-0.25, -0.2) is 8.42 Å². The van der Waals surface area contributed by atoms with Crippen LogP contribution < -0.4 is 0 Å². The Morgan fingerprint density at radius 2 is 1.35 bits per heavy atom. The van der Waals surface area contributed by atoms with Gasteiger partial charge < -0.3 is 0 Å². The van der Waals surface area contributed by atoms with Crippen molar-refractivity contribution in [1.82, 2.24) is 0 Å². The number of allylic oxidation sites excluding steroid dienone is 8. The molecule has 0 N–H and O–H groups in total. The number of sulfone groups is 1. The maximum atomic E-state index is 12.9. The first-order valence-electron chi connectivity index (χ1n) is 15.1. The standard InChI is InChI=1S/C34H53BrO2S.C2H6/c1-27(23-24-35)16-13-19-30(4)34(8,9)31(26-28(2)17-14-18-29(3)33(5,6)7)20-15-25-38(36,37)32-21-11-10-12-22-32;1-2/h10-12,18-19,21-23,26,31H,13-17,20,24-25H2,1-9H3;1-2H3/b27-23+,28-26+,29-18+,30-19+;. The highest BCUT2D eigenvalue weighted by Gasteiger charge is 2.30. The smallest absolute Gasteiger partial charge is 0.178 e. The molecule has 1 unspecified atom stereocenters. The summed E-state index contributed by atoms with van der Waals surface area (Å²) in [4.78, 5) is 0.423. The van der Waals surface area contributed by atoms with E-state index in [-0.39, 0.29) is 22.5 Å². The van der Waals surface area contributed by atoms with Gasteiger partial charge in [-0.3, -0.25) is 0 Å². The van der Waals surface area contributed by atoms with Crippen LogP contribution in [0.15, 0.2) is 81.8 Å². The van der Waals surface area contributed by atoms with E-state index in [2.05, 4.69) is 103 Å². The quantitative estimate of drug-likeness (QED) is 0.142. The lowest BCUT2D eigenvalue weighted by Crippen LogP contribution is -2.25. The van der Waals surface area contributed by atoms with Crippen molar-refractivity contribution in [3.8, 4) is 0 Å². The van der Waals surface area contributed by atoms with Crippen LogP contribution in [0.3, 0.4) is 0 Å². The molecule has 0 spiro atoms. The van der Waals surface area contributed by atoms with Crippen molar-refractivity contribution in [2.75, 3.05) is 11.1 Å². The normalized spacial score (nSPS) is 15.0. The molecule has 0 aromatic heterocycles. The van der Waals surface area contributed by atoms with Gasteiger partial charge in [-0.15, -0.1) is 0 Å². The van der Waals surface area contributed by atoms with Crippen molar-refractivity contribution in [2.45, 2.75) is 120 Å². The van der Waals surface area contributed by atoms with Crippen LogP contribution in [0.1, 0.15) is 115 Å². The predicted molar refractivity (Wildman–Crippen MR) is 183 cm³/mol. The molecule has 0 radical (unpaired) electrons. The molecule has 1 rings (SSSR count). The molecule has 0 saturated carbocycles. The second kappa shape index (κ2) is 18.9. The molecule has 1 atom stereocenters. The largest absolute Gasteiger partial charge is 0.224 e.